The van der Waals surface area contributed by atoms with Crippen LogP contribution in [-0.4, -0.2) is 23.6 Å². The van der Waals surface area contributed by atoms with Crippen LogP contribution in [0, 0.1) is 0 Å². The summed E-state index contributed by atoms with van der Waals surface area (Å²) in [5.74, 6) is 0. The molecule has 0 aliphatic carbocycles. The molecule has 0 amide bonds. The molecule has 2 aromatic carbocycles. The number of rotatable bonds is 6. The van der Waals surface area contributed by atoms with Crippen molar-refractivity contribution in [3.8, 4) is 0 Å². The largest absolute Gasteiger partial charge is 0.299 e. The Bertz CT molecular complexity index is 716. The second-order valence-electron chi connectivity index (χ2n) is 3.89. The van der Waals surface area contributed by atoms with Gasteiger partial charge in [0.05, 0.1) is 9.79 Å². The van der Waals surface area contributed by atoms with Crippen LogP contribution in [0.5, 0.6) is 0 Å². The molecule has 0 spiro atoms. The van der Waals surface area contributed by atoms with Gasteiger partial charge in [0.1, 0.15) is 0 Å². The fraction of sp³-hybridized carbons (Fsp3) is 0.294. The quantitative estimate of drug-likeness (QED) is 0.552. The Kier molecular flexibility index (Phi) is 10.9. The minimum absolute atomic E-state index is 0.0780. The van der Waals surface area contributed by atoms with Crippen LogP contribution in [0.2, 0.25) is 0 Å². The van der Waals surface area contributed by atoms with E-state index >= 15 is 0 Å². The first-order valence-electron chi connectivity index (χ1n) is 7.81. The van der Waals surface area contributed by atoms with Gasteiger partial charge in [0.2, 0.25) is 0 Å². The predicted molar refractivity (Wildman–Crippen MR) is 97.0 cm³/mol. The number of hydrogen-bond acceptors (Lipinski definition) is 6. The standard InChI is InChI=1S/C13H12O6S2.2C2H6/c14-20(15,12-7-3-1-4-8-12)18-11-19-21(16,17)13-9-5-2-6-10-13;2*1-2/h1-10H,11H2;2*1-2H3. The zero-order valence-corrected chi connectivity index (χ0v) is 16.4. The fourth-order valence-electron chi connectivity index (χ4n) is 1.46. The summed E-state index contributed by atoms with van der Waals surface area (Å²) in [6.45, 7) is 7.08. The van der Waals surface area contributed by atoms with Crippen molar-refractivity contribution in [2.45, 2.75) is 37.5 Å². The molecule has 0 fully saturated rings. The molecule has 2 rings (SSSR count). The molecular formula is C17H24O6S2. The molecule has 2 aromatic rings. The van der Waals surface area contributed by atoms with Crippen molar-refractivity contribution in [3.05, 3.63) is 60.7 Å². The molecule has 0 aliphatic rings. The third-order valence-corrected chi connectivity index (χ3v) is 4.98. The summed E-state index contributed by atoms with van der Waals surface area (Å²) >= 11 is 0. The van der Waals surface area contributed by atoms with E-state index in [0.29, 0.717) is 0 Å². The molecule has 0 aliphatic heterocycles. The van der Waals surface area contributed by atoms with E-state index in [1.807, 2.05) is 27.7 Å². The minimum atomic E-state index is -4.05. The molecule has 0 N–H and O–H groups in total. The lowest BCUT2D eigenvalue weighted by Gasteiger charge is -2.07. The van der Waals surface area contributed by atoms with Crippen LogP contribution < -0.4 is 0 Å². The van der Waals surface area contributed by atoms with Gasteiger partial charge in [-0.2, -0.15) is 16.8 Å². The van der Waals surface area contributed by atoms with Crippen LogP contribution in [0.3, 0.4) is 0 Å². The van der Waals surface area contributed by atoms with E-state index in [4.69, 9.17) is 0 Å². The summed E-state index contributed by atoms with van der Waals surface area (Å²) in [7, 11) is -8.11. The SMILES string of the molecule is CC.CC.O=S(=O)(OCOS(=O)(=O)c1ccccc1)c1ccccc1. The van der Waals surface area contributed by atoms with Crippen molar-refractivity contribution < 1.29 is 25.2 Å². The molecule has 6 nitrogen and oxygen atoms in total. The Morgan fingerprint density at radius 1 is 0.600 bits per heavy atom. The maximum atomic E-state index is 11.8. The van der Waals surface area contributed by atoms with Gasteiger partial charge < -0.3 is 0 Å². The molecule has 0 radical (unpaired) electrons. The van der Waals surface area contributed by atoms with Gasteiger partial charge in [0, 0.05) is 0 Å². The van der Waals surface area contributed by atoms with Gasteiger partial charge >= 0.3 is 0 Å². The Morgan fingerprint density at radius 3 is 1.16 bits per heavy atom. The van der Waals surface area contributed by atoms with Crippen LogP contribution in [0.1, 0.15) is 27.7 Å². The lowest BCUT2D eigenvalue weighted by atomic mass is 10.4. The van der Waals surface area contributed by atoms with E-state index in [1.165, 1.54) is 48.5 Å². The molecule has 0 heterocycles. The first-order chi connectivity index (χ1) is 11.9. The highest BCUT2D eigenvalue weighted by Crippen LogP contribution is 2.14. The molecule has 0 unspecified atom stereocenters. The monoisotopic (exact) mass is 388 g/mol. The highest BCUT2D eigenvalue weighted by atomic mass is 32.2. The van der Waals surface area contributed by atoms with Crippen LogP contribution in [-0.2, 0) is 28.6 Å². The molecule has 140 valence electrons. The van der Waals surface area contributed by atoms with Crippen molar-refractivity contribution >= 4 is 20.2 Å². The Labute approximate surface area is 150 Å². The molecule has 8 heteroatoms. The Hall–Kier alpha value is -1.74. The summed E-state index contributed by atoms with van der Waals surface area (Å²) in [5.41, 5.74) is 0. The van der Waals surface area contributed by atoms with Crippen molar-refractivity contribution in [2.24, 2.45) is 0 Å². The van der Waals surface area contributed by atoms with Gasteiger partial charge in [0.15, 0.2) is 6.79 Å². The number of hydrogen-bond donors (Lipinski definition) is 0. The van der Waals surface area contributed by atoms with E-state index in [-0.39, 0.29) is 9.79 Å². The summed E-state index contributed by atoms with van der Waals surface area (Å²) in [6, 6.07) is 14.7. The third-order valence-electron chi connectivity index (χ3n) is 2.47. The first kappa shape index (κ1) is 23.3. The average Bonchev–Trinajstić information content (AvgIpc) is 2.66. The van der Waals surface area contributed by atoms with Crippen LogP contribution in [0.25, 0.3) is 0 Å². The minimum Gasteiger partial charge on any atom is -0.236 e. The molecule has 0 atom stereocenters. The van der Waals surface area contributed by atoms with Crippen LogP contribution in [0.4, 0.5) is 0 Å². The zero-order valence-electron chi connectivity index (χ0n) is 14.7. The molecular weight excluding hydrogens is 364 g/mol. The van der Waals surface area contributed by atoms with Crippen molar-refractivity contribution in [2.75, 3.05) is 6.79 Å². The lowest BCUT2D eigenvalue weighted by Crippen LogP contribution is -2.14. The smallest absolute Gasteiger partial charge is 0.236 e. The van der Waals surface area contributed by atoms with Gasteiger partial charge in [-0.1, -0.05) is 64.1 Å². The fourth-order valence-corrected chi connectivity index (χ4v) is 3.12. The first-order valence-corrected chi connectivity index (χ1v) is 10.6. The maximum Gasteiger partial charge on any atom is 0.299 e. The van der Waals surface area contributed by atoms with Gasteiger partial charge in [0.25, 0.3) is 20.2 Å². The van der Waals surface area contributed by atoms with Crippen LogP contribution in [0.15, 0.2) is 70.5 Å². The van der Waals surface area contributed by atoms with Gasteiger partial charge in [-0.05, 0) is 24.3 Å². The second-order valence-corrected chi connectivity index (χ2v) is 7.12. The molecule has 0 bridgehead atoms. The highest BCUT2D eigenvalue weighted by molar-refractivity contribution is 7.87. The van der Waals surface area contributed by atoms with E-state index in [9.17, 15) is 16.8 Å². The maximum absolute atomic E-state index is 11.8. The lowest BCUT2D eigenvalue weighted by molar-refractivity contribution is 0.132. The van der Waals surface area contributed by atoms with Crippen molar-refractivity contribution in [3.63, 3.8) is 0 Å². The normalized spacial score (nSPS) is 10.7. The van der Waals surface area contributed by atoms with E-state index in [0.717, 1.165) is 0 Å². The van der Waals surface area contributed by atoms with Crippen LogP contribution >= 0.6 is 0 Å². The Morgan fingerprint density at radius 2 is 0.880 bits per heavy atom. The third kappa shape index (κ3) is 7.78. The molecule has 0 aromatic heterocycles. The summed E-state index contributed by atoms with van der Waals surface area (Å²) in [6.07, 6.45) is 0. The summed E-state index contributed by atoms with van der Waals surface area (Å²) in [4.78, 5) is -0.156. The Balaban J connectivity index is 0.00000134. The van der Waals surface area contributed by atoms with E-state index in [1.54, 1.807) is 12.1 Å². The number of benzene rings is 2. The average molecular weight is 389 g/mol. The highest BCUT2D eigenvalue weighted by Gasteiger charge is 2.19. The van der Waals surface area contributed by atoms with Gasteiger partial charge in [-0.3, -0.25) is 0 Å². The van der Waals surface area contributed by atoms with E-state index in [2.05, 4.69) is 8.37 Å². The predicted octanol–water partition coefficient (Wildman–Crippen LogP) is 3.81. The van der Waals surface area contributed by atoms with E-state index < -0.39 is 27.0 Å². The second kappa shape index (κ2) is 11.8. The van der Waals surface area contributed by atoms with Gasteiger partial charge in [-0.15, -0.1) is 0 Å². The van der Waals surface area contributed by atoms with Gasteiger partial charge in [-0.25, -0.2) is 8.37 Å². The van der Waals surface area contributed by atoms with Crippen molar-refractivity contribution in [1.29, 1.82) is 0 Å². The molecule has 0 saturated carbocycles. The molecule has 25 heavy (non-hydrogen) atoms. The topological polar surface area (TPSA) is 86.7 Å². The summed E-state index contributed by atoms with van der Waals surface area (Å²) < 4.78 is 56.1. The van der Waals surface area contributed by atoms with Crippen molar-refractivity contribution in [1.82, 2.24) is 0 Å². The summed E-state index contributed by atoms with van der Waals surface area (Å²) in [5, 5.41) is 0. The molecule has 0 saturated heterocycles. The zero-order chi connectivity index (χ0) is 19.3.